The summed E-state index contributed by atoms with van der Waals surface area (Å²) in [5.74, 6) is 0. The van der Waals surface area contributed by atoms with Crippen LogP contribution in [0.25, 0.3) is 11.0 Å². The van der Waals surface area contributed by atoms with Gasteiger partial charge in [0.2, 0.25) is 0 Å². The fourth-order valence-corrected chi connectivity index (χ4v) is 2.03. The standard InChI is InChI=1S/C11H11BrO/c1-6-4-9-10(7(2)5-13-9)8(3)11(6)12/h4-5H,1-3H3. The molecule has 0 radical (unpaired) electrons. The van der Waals surface area contributed by atoms with Crippen molar-refractivity contribution >= 4 is 26.9 Å². The van der Waals surface area contributed by atoms with E-state index in [1.165, 1.54) is 26.5 Å². The van der Waals surface area contributed by atoms with Gasteiger partial charge < -0.3 is 4.42 Å². The van der Waals surface area contributed by atoms with Crippen molar-refractivity contribution in [2.24, 2.45) is 0 Å². The lowest BCUT2D eigenvalue weighted by Crippen LogP contribution is -1.83. The summed E-state index contributed by atoms with van der Waals surface area (Å²) in [4.78, 5) is 0. The van der Waals surface area contributed by atoms with Crippen LogP contribution in [0, 0.1) is 20.8 Å². The molecule has 0 spiro atoms. The normalized spacial score (nSPS) is 11.1. The first kappa shape index (κ1) is 8.82. The van der Waals surface area contributed by atoms with Gasteiger partial charge in [-0.1, -0.05) is 15.9 Å². The number of furan rings is 1. The van der Waals surface area contributed by atoms with Crippen LogP contribution in [0.15, 0.2) is 21.2 Å². The van der Waals surface area contributed by atoms with Crippen LogP contribution in [0.1, 0.15) is 16.7 Å². The van der Waals surface area contributed by atoms with Gasteiger partial charge >= 0.3 is 0 Å². The summed E-state index contributed by atoms with van der Waals surface area (Å²) < 4.78 is 6.63. The van der Waals surface area contributed by atoms with Crippen molar-refractivity contribution in [1.29, 1.82) is 0 Å². The Morgan fingerprint density at radius 2 is 1.85 bits per heavy atom. The third kappa shape index (κ3) is 1.20. The molecule has 2 aromatic rings. The molecular weight excluding hydrogens is 228 g/mol. The second-order valence-electron chi connectivity index (χ2n) is 3.42. The van der Waals surface area contributed by atoms with E-state index in [0.717, 1.165) is 5.58 Å². The molecule has 1 nitrogen and oxygen atoms in total. The van der Waals surface area contributed by atoms with Crippen molar-refractivity contribution in [3.8, 4) is 0 Å². The number of benzene rings is 1. The van der Waals surface area contributed by atoms with E-state index < -0.39 is 0 Å². The second kappa shape index (κ2) is 2.88. The molecule has 0 saturated heterocycles. The molecule has 0 aliphatic carbocycles. The second-order valence-corrected chi connectivity index (χ2v) is 4.22. The molecule has 0 bridgehead atoms. The lowest BCUT2D eigenvalue weighted by atomic mass is 10.1. The van der Waals surface area contributed by atoms with Crippen LogP contribution in [-0.2, 0) is 0 Å². The summed E-state index contributed by atoms with van der Waals surface area (Å²) >= 11 is 3.58. The van der Waals surface area contributed by atoms with Crippen molar-refractivity contribution in [2.45, 2.75) is 20.8 Å². The van der Waals surface area contributed by atoms with Gasteiger partial charge in [-0.25, -0.2) is 0 Å². The zero-order valence-electron chi connectivity index (χ0n) is 7.94. The summed E-state index contributed by atoms with van der Waals surface area (Å²) in [7, 11) is 0. The molecule has 0 amide bonds. The zero-order chi connectivity index (χ0) is 9.59. The Bertz CT molecular complexity index is 468. The Kier molecular flexibility index (Phi) is 1.95. The molecule has 1 aromatic carbocycles. The van der Waals surface area contributed by atoms with Gasteiger partial charge in [0.25, 0.3) is 0 Å². The molecule has 1 aromatic heterocycles. The van der Waals surface area contributed by atoms with Crippen molar-refractivity contribution < 1.29 is 4.42 Å². The third-order valence-electron chi connectivity index (χ3n) is 2.40. The summed E-state index contributed by atoms with van der Waals surface area (Å²) in [5, 5.41) is 1.23. The number of halogens is 1. The highest BCUT2D eigenvalue weighted by molar-refractivity contribution is 9.10. The van der Waals surface area contributed by atoms with Gasteiger partial charge in [-0.05, 0) is 43.5 Å². The lowest BCUT2D eigenvalue weighted by molar-refractivity contribution is 0.612. The first-order chi connectivity index (χ1) is 6.11. The lowest BCUT2D eigenvalue weighted by Gasteiger charge is -2.03. The van der Waals surface area contributed by atoms with Crippen molar-refractivity contribution in [3.05, 3.63) is 33.5 Å². The van der Waals surface area contributed by atoms with Gasteiger partial charge in [-0.3, -0.25) is 0 Å². The Hall–Kier alpha value is -0.760. The highest BCUT2D eigenvalue weighted by Crippen LogP contribution is 2.32. The molecule has 68 valence electrons. The number of aryl methyl sites for hydroxylation is 3. The molecular formula is C11H11BrO. The van der Waals surface area contributed by atoms with Crippen LogP contribution in [0.2, 0.25) is 0 Å². The minimum absolute atomic E-state index is 0.982. The quantitative estimate of drug-likeness (QED) is 0.673. The molecule has 0 N–H and O–H groups in total. The summed E-state index contributed by atoms with van der Waals surface area (Å²) in [6.07, 6.45) is 1.81. The molecule has 0 saturated carbocycles. The molecule has 2 rings (SSSR count). The number of hydrogen-bond acceptors (Lipinski definition) is 1. The minimum Gasteiger partial charge on any atom is -0.464 e. The highest BCUT2D eigenvalue weighted by Gasteiger charge is 2.09. The molecule has 1 heterocycles. The fraction of sp³-hybridized carbons (Fsp3) is 0.273. The van der Waals surface area contributed by atoms with Crippen molar-refractivity contribution in [1.82, 2.24) is 0 Å². The van der Waals surface area contributed by atoms with E-state index in [4.69, 9.17) is 4.42 Å². The average Bonchev–Trinajstić information content (AvgIpc) is 2.43. The molecule has 0 aliphatic rings. The van der Waals surface area contributed by atoms with Crippen molar-refractivity contribution in [2.75, 3.05) is 0 Å². The maximum atomic E-state index is 5.44. The first-order valence-electron chi connectivity index (χ1n) is 4.24. The molecule has 0 unspecified atom stereocenters. The van der Waals surface area contributed by atoms with Crippen LogP contribution in [0.5, 0.6) is 0 Å². The Balaban J connectivity index is 2.97. The van der Waals surface area contributed by atoms with Gasteiger partial charge in [0.1, 0.15) is 5.58 Å². The minimum atomic E-state index is 0.982. The Morgan fingerprint density at radius 1 is 1.15 bits per heavy atom. The van der Waals surface area contributed by atoms with E-state index >= 15 is 0 Å². The molecule has 0 atom stereocenters. The molecule has 2 heteroatoms. The van der Waals surface area contributed by atoms with Crippen LogP contribution < -0.4 is 0 Å². The monoisotopic (exact) mass is 238 g/mol. The maximum absolute atomic E-state index is 5.44. The predicted octanol–water partition coefficient (Wildman–Crippen LogP) is 4.12. The topological polar surface area (TPSA) is 13.1 Å². The van der Waals surface area contributed by atoms with Crippen LogP contribution in [-0.4, -0.2) is 0 Å². The average molecular weight is 239 g/mol. The van der Waals surface area contributed by atoms with Crippen LogP contribution >= 0.6 is 15.9 Å². The van der Waals surface area contributed by atoms with Crippen LogP contribution in [0.4, 0.5) is 0 Å². The van der Waals surface area contributed by atoms with E-state index in [1.807, 2.05) is 6.26 Å². The van der Waals surface area contributed by atoms with E-state index in [1.54, 1.807) is 0 Å². The highest BCUT2D eigenvalue weighted by atomic mass is 79.9. The van der Waals surface area contributed by atoms with Gasteiger partial charge in [-0.2, -0.15) is 0 Å². The number of fused-ring (bicyclic) bond motifs is 1. The molecule has 13 heavy (non-hydrogen) atoms. The van der Waals surface area contributed by atoms with E-state index in [-0.39, 0.29) is 0 Å². The summed E-state index contributed by atoms with van der Waals surface area (Å²) in [6.45, 7) is 6.26. The van der Waals surface area contributed by atoms with Gasteiger partial charge in [0.15, 0.2) is 0 Å². The third-order valence-corrected chi connectivity index (χ3v) is 3.62. The van der Waals surface area contributed by atoms with Gasteiger partial charge in [0.05, 0.1) is 6.26 Å². The fourth-order valence-electron chi connectivity index (χ4n) is 1.72. The van der Waals surface area contributed by atoms with Crippen molar-refractivity contribution in [3.63, 3.8) is 0 Å². The largest absolute Gasteiger partial charge is 0.464 e. The molecule has 0 aliphatic heterocycles. The van der Waals surface area contributed by atoms with Crippen LogP contribution in [0.3, 0.4) is 0 Å². The van der Waals surface area contributed by atoms with E-state index in [2.05, 4.69) is 42.8 Å². The maximum Gasteiger partial charge on any atom is 0.134 e. The van der Waals surface area contributed by atoms with Gasteiger partial charge in [-0.15, -0.1) is 0 Å². The Labute approximate surface area is 85.9 Å². The first-order valence-corrected chi connectivity index (χ1v) is 5.04. The summed E-state index contributed by atoms with van der Waals surface area (Å²) in [5.41, 5.74) is 4.67. The zero-order valence-corrected chi connectivity index (χ0v) is 9.53. The Morgan fingerprint density at radius 3 is 2.54 bits per heavy atom. The number of hydrogen-bond donors (Lipinski definition) is 0. The predicted molar refractivity (Wildman–Crippen MR) is 58.1 cm³/mol. The molecule has 0 fully saturated rings. The summed E-state index contributed by atoms with van der Waals surface area (Å²) in [6, 6.07) is 2.07. The smallest absolute Gasteiger partial charge is 0.134 e. The van der Waals surface area contributed by atoms with E-state index in [9.17, 15) is 0 Å². The van der Waals surface area contributed by atoms with Gasteiger partial charge in [0, 0.05) is 9.86 Å². The number of rotatable bonds is 0. The van der Waals surface area contributed by atoms with E-state index in [0.29, 0.717) is 0 Å². The SMILES string of the molecule is Cc1cc2occ(C)c2c(C)c1Br.